The number of halogens is 4. The Balaban J connectivity index is 4.37. The van der Waals surface area contributed by atoms with Crippen LogP contribution in [0.2, 0.25) is 0 Å². The van der Waals surface area contributed by atoms with Crippen LogP contribution in [0.1, 0.15) is 13.8 Å². The Kier molecular flexibility index (Phi) is 3.46. The summed E-state index contributed by atoms with van der Waals surface area (Å²) in [5.41, 5.74) is -2.37. The molecule has 0 aliphatic heterocycles. The third kappa shape index (κ3) is 2.60. The topological polar surface area (TPSA) is 29.5 Å². The van der Waals surface area contributed by atoms with Crippen LogP contribution in [0.15, 0.2) is 0 Å². The van der Waals surface area contributed by atoms with Crippen molar-refractivity contribution in [3.8, 4) is 0 Å². The molecule has 0 aromatic rings. The van der Waals surface area contributed by atoms with Crippen molar-refractivity contribution in [1.82, 2.24) is 0 Å². The summed E-state index contributed by atoms with van der Waals surface area (Å²) in [7, 11) is 0. The standard InChI is InChI=1S/C6H10F4O2/c1-5(2,12-4(7)8)6(9,10)3-11/h4,11H,3H2,1-2H3. The van der Waals surface area contributed by atoms with Crippen molar-refractivity contribution < 1.29 is 27.4 Å². The van der Waals surface area contributed by atoms with E-state index in [2.05, 4.69) is 4.74 Å². The Labute approximate surface area is 67.1 Å². The van der Waals surface area contributed by atoms with E-state index in [0.29, 0.717) is 0 Å². The van der Waals surface area contributed by atoms with Gasteiger partial charge in [0.05, 0.1) is 0 Å². The molecule has 0 radical (unpaired) electrons. The molecule has 0 bridgehead atoms. The van der Waals surface area contributed by atoms with Gasteiger partial charge >= 0.3 is 6.61 Å². The molecule has 2 nitrogen and oxygen atoms in total. The molecule has 0 rings (SSSR count). The number of hydrogen-bond acceptors (Lipinski definition) is 2. The van der Waals surface area contributed by atoms with Gasteiger partial charge in [-0.15, -0.1) is 0 Å². The number of hydrogen-bond donors (Lipinski definition) is 1. The highest BCUT2D eigenvalue weighted by atomic mass is 19.3. The highest BCUT2D eigenvalue weighted by molar-refractivity contribution is 4.86. The molecule has 0 aromatic carbocycles. The maximum Gasteiger partial charge on any atom is 0.346 e. The lowest BCUT2D eigenvalue weighted by Crippen LogP contribution is -2.48. The number of rotatable bonds is 4. The van der Waals surface area contributed by atoms with Gasteiger partial charge in [0.25, 0.3) is 5.92 Å². The fourth-order valence-corrected chi connectivity index (χ4v) is 0.499. The molecule has 1 N–H and O–H groups in total. The molecule has 0 aliphatic carbocycles. The average molecular weight is 190 g/mol. The predicted molar refractivity (Wildman–Crippen MR) is 33.2 cm³/mol. The van der Waals surface area contributed by atoms with Crippen LogP contribution in [0.3, 0.4) is 0 Å². The van der Waals surface area contributed by atoms with Crippen LogP contribution in [0.25, 0.3) is 0 Å². The van der Waals surface area contributed by atoms with Crippen LogP contribution in [0.5, 0.6) is 0 Å². The van der Waals surface area contributed by atoms with Crippen LogP contribution in [-0.4, -0.2) is 29.8 Å². The summed E-state index contributed by atoms with van der Waals surface area (Å²) in [4.78, 5) is 0. The van der Waals surface area contributed by atoms with Gasteiger partial charge in [-0.25, -0.2) is 8.78 Å². The molecule has 0 aromatic heterocycles. The third-order valence-electron chi connectivity index (χ3n) is 1.46. The smallest absolute Gasteiger partial charge is 0.346 e. The second-order valence-electron chi connectivity index (χ2n) is 2.75. The van der Waals surface area contributed by atoms with E-state index < -0.39 is 24.7 Å². The molecule has 74 valence electrons. The molecule has 0 saturated carbocycles. The minimum Gasteiger partial charge on any atom is -0.390 e. The van der Waals surface area contributed by atoms with E-state index in [4.69, 9.17) is 5.11 Å². The molecule has 0 spiro atoms. The maximum absolute atomic E-state index is 12.6. The molecule has 0 aliphatic rings. The Hall–Kier alpha value is -0.360. The summed E-state index contributed by atoms with van der Waals surface area (Å²) in [6.45, 7) is -3.23. The Morgan fingerprint density at radius 3 is 2.00 bits per heavy atom. The third-order valence-corrected chi connectivity index (χ3v) is 1.46. The zero-order chi connectivity index (χ0) is 9.99. The normalized spacial score (nSPS) is 14.0. The Morgan fingerprint density at radius 1 is 1.33 bits per heavy atom. The minimum absolute atomic E-state index is 0.787. The molecule has 0 amide bonds. The summed E-state index contributed by atoms with van der Waals surface area (Å²) >= 11 is 0. The summed E-state index contributed by atoms with van der Waals surface area (Å²) in [5.74, 6) is -3.68. The van der Waals surface area contributed by atoms with Gasteiger partial charge in [-0.3, -0.25) is 0 Å². The molecular formula is C6H10F4O2. The lowest BCUT2D eigenvalue weighted by atomic mass is 10.0. The van der Waals surface area contributed by atoms with Crippen molar-refractivity contribution in [1.29, 1.82) is 0 Å². The van der Waals surface area contributed by atoms with Gasteiger partial charge in [0.15, 0.2) is 0 Å². The van der Waals surface area contributed by atoms with Gasteiger partial charge in [0, 0.05) is 0 Å². The monoisotopic (exact) mass is 190 g/mol. The number of aliphatic hydroxyl groups is 1. The van der Waals surface area contributed by atoms with Gasteiger partial charge in [-0.1, -0.05) is 0 Å². The molecule has 0 atom stereocenters. The first kappa shape index (κ1) is 11.6. The predicted octanol–water partition coefficient (Wildman–Crippen LogP) is 1.63. The van der Waals surface area contributed by atoms with Crippen LogP contribution < -0.4 is 0 Å². The SMILES string of the molecule is CC(C)(OC(F)F)C(F)(F)CO. The fraction of sp³-hybridized carbons (Fsp3) is 1.00. The number of alkyl halides is 4. The Bertz CT molecular complexity index is 146. The Morgan fingerprint density at radius 2 is 1.75 bits per heavy atom. The van der Waals surface area contributed by atoms with E-state index in [1.807, 2.05) is 0 Å². The van der Waals surface area contributed by atoms with Gasteiger partial charge in [0.1, 0.15) is 12.2 Å². The lowest BCUT2D eigenvalue weighted by Gasteiger charge is -2.31. The van der Waals surface area contributed by atoms with Crippen molar-refractivity contribution in [3.05, 3.63) is 0 Å². The average Bonchev–Trinajstić information content (AvgIpc) is 1.84. The largest absolute Gasteiger partial charge is 0.390 e. The molecule has 12 heavy (non-hydrogen) atoms. The molecule has 0 fully saturated rings. The molecule has 0 saturated heterocycles. The van der Waals surface area contributed by atoms with Crippen molar-refractivity contribution in [3.63, 3.8) is 0 Å². The van der Waals surface area contributed by atoms with E-state index in [1.165, 1.54) is 0 Å². The van der Waals surface area contributed by atoms with Crippen molar-refractivity contribution in [2.24, 2.45) is 0 Å². The van der Waals surface area contributed by atoms with Gasteiger partial charge in [0.2, 0.25) is 0 Å². The van der Waals surface area contributed by atoms with E-state index in [1.54, 1.807) is 0 Å². The first-order chi connectivity index (χ1) is 5.23. The first-order valence-corrected chi connectivity index (χ1v) is 3.17. The highest BCUT2D eigenvalue weighted by Gasteiger charge is 2.48. The van der Waals surface area contributed by atoms with E-state index in [0.717, 1.165) is 13.8 Å². The maximum atomic E-state index is 12.6. The van der Waals surface area contributed by atoms with Crippen LogP contribution in [-0.2, 0) is 4.74 Å². The molecular weight excluding hydrogens is 180 g/mol. The van der Waals surface area contributed by atoms with Crippen LogP contribution in [0, 0.1) is 0 Å². The number of ether oxygens (including phenoxy) is 1. The van der Waals surface area contributed by atoms with Crippen molar-refractivity contribution >= 4 is 0 Å². The van der Waals surface area contributed by atoms with E-state index >= 15 is 0 Å². The summed E-state index contributed by atoms with van der Waals surface area (Å²) < 4.78 is 51.9. The molecule has 0 unspecified atom stereocenters. The minimum atomic E-state index is -3.68. The fourth-order valence-electron chi connectivity index (χ4n) is 0.499. The van der Waals surface area contributed by atoms with Crippen LogP contribution in [0.4, 0.5) is 17.6 Å². The lowest BCUT2D eigenvalue weighted by molar-refractivity contribution is -0.277. The summed E-state index contributed by atoms with van der Waals surface area (Å²) in [6, 6.07) is 0. The number of aliphatic hydroxyl groups excluding tert-OH is 1. The highest BCUT2D eigenvalue weighted by Crippen LogP contribution is 2.32. The van der Waals surface area contributed by atoms with Gasteiger partial charge in [-0.05, 0) is 13.8 Å². The van der Waals surface area contributed by atoms with E-state index in [9.17, 15) is 17.6 Å². The van der Waals surface area contributed by atoms with Crippen molar-refractivity contribution in [2.45, 2.75) is 32.0 Å². The van der Waals surface area contributed by atoms with Gasteiger partial charge < -0.3 is 9.84 Å². The quantitative estimate of drug-likeness (QED) is 0.682. The van der Waals surface area contributed by atoms with E-state index in [-0.39, 0.29) is 0 Å². The van der Waals surface area contributed by atoms with Crippen molar-refractivity contribution in [2.75, 3.05) is 6.61 Å². The summed E-state index contributed by atoms with van der Waals surface area (Å²) in [6.07, 6.45) is 0. The molecule has 0 heterocycles. The van der Waals surface area contributed by atoms with Crippen LogP contribution >= 0.6 is 0 Å². The second-order valence-corrected chi connectivity index (χ2v) is 2.75. The van der Waals surface area contributed by atoms with Gasteiger partial charge in [-0.2, -0.15) is 8.78 Å². The summed E-state index contributed by atoms with van der Waals surface area (Å²) in [5, 5.41) is 8.17. The first-order valence-electron chi connectivity index (χ1n) is 3.17. The zero-order valence-electron chi connectivity index (χ0n) is 6.65. The molecule has 6 heteroatoms. The zero-order valence-corrected chi connectivity index (χ0v) is 6.65. The second kappa shape index (κ2) is 3.57.